The van der Waals surface area contributed by atoms with Gasteiger partial charge in [-0.05, 0) is 6.92 Å². The Morgan fingerprint density at radius 2 is 1.56 bits per heavy atom. The van der Waals surface area contributed by atoms with Crippen molar-refractivity contribution in [2.24, 2.45) is 22.9 Å². The minimum Gasteiger partial charge on any atom is -0.756 e. The molecule has 30 nitrogen and oxygen atoms in total. The summed E-state index contributed by atoms with van der Waals surface area (Å²) in [6, 6.07) is -4.51. The number of guanidine groups is 2. The number of nitrogen functional groups attached to an aromatic ring is 1. The van der Waals surface area contributed by atoms with Crippen molar-refractivity contribution >= 4 is 43.0 Å². The van der Waals surface area contributed by atoms with E-state index in [1.807, 2.05) is 0 Å². The lowest BCUT2D eigenvalue weighted by Crippen LogP contribution is -3.00. The van der Waals surface area contributed by atoms with Crippen LogP contribution in [0.3, 0.4) is 0 Å². The Kier molecular flexibility index (Phi) is 14.3. The van der Waals surface area contributed by atoms with Crippen molar-refractivity contribution in [3.05, 3.63) is 12.7 Å². The molecule has 348 valence electrons. The lowest BCUT2D eigenvalue weighted by Gasteiger charge is -2.46. The van der Waals surface area contributed by atoms with Crippen LogP contribution in [0.4, 0.5) is 5.82 Å². The van der Waals surface area contributed by atoms with Crippen molar-refractivity contribution in [1.82, 2.24) is 19.5 Å². The number of phosphoric ester groups is 1. The molecule has 20 atom stereocenters. The number of quaternary nitrogens is 1. The third-order valence-electron chi connectivity index (χ3n) is 11.2. The second-order valence-electron chi connectivity index (χ2n) is 15.1. The number of phosphoric acid groups is 1. The first-order valence-electron chi connectivity index (χ1n) is 19.0. The molecule has 1 aliphatic carbocycles. The van der Waals surface area contributed by atoms with Crippen LogP contribution in [-0.2, 0) is 42.1 Å². The number of rotatable bonds is 15. The number of hydrogen-bond donors (Lipinski definition) is 16. The van der Waals surface area contributed by atoms with Crippen molar-refractivity contribution in [3.8, 4) is 0 Å². The second kappa shape index (κ2) is 18.7. The molecule has 0 spiro atoms. The standard InChI is InChI=1S/C31H51N12O18P/c1-8-31(52,5-45)23(60-27-13(37-2)18(49)15(46)9(3-44)58-27)28(56-8)59-21-11(41-29(33)34)17(48)12(42-30(35)36)22(20(21)51)61-62(53,54)55-4-10-16(47)19(50)26(57-10)43-7-40-14-24(32)38-6-39-25(14)43/h5-13,15-23,26-28,37,44,46-52H,3-4H2,1-2H3,(H,53,54)(H2,32,38,39)(H4,33,34,41)(H4,35,36,42)/p+2/t8-,9-,10+,11-,12+,13-,15-,16+,17-,18-,19+,20-,21+,22-,23-,26+,27-,28-,31+/m0/s1. The summed E-state index contributed by atoms with van der Waals surface area (Å²) >= 11 is 0. The van der Waals surface area contributed by atoms with Gasteiger partial charge in [-0.3, -0.25) is 46.8 Å². The van der Waals surface area contributed by atoms with E-state index in [2.05, 4.69) is 24.9 Å². The zero-order valence-electron chi connectivity index (χ0n) is 32.9. The number of aliphatic hydroxyl groups is 8. The van der Waals surface area contributed by atoms with E-state index in [9.17, 15) is 55.1 Å². The summed E-state index contributed by atoms with van der Waals surface area (Å²) in [7, 11) is -4.19. The summed E-state index contributed by atoms with van der Waals surface area (Å²) in [5.74, 6) is -1.13. The number of nitrogens with zero attached hydrogens (tertiary/aromatic N) is 4. The number of ether oxygens (including phenoxy) is 5. The number of nitrogens with one attached hydrogen (secondary N) is 2. The molecule has 31 heteroatoms. The van der Waals surface area contributed by atoms with Crippen molar-refractivity contribution in [3.63, 3.8) is 0 Å². The minimum absolute atomic E-state index is 0.0142. The maximum atomic E-state index is 13.5. The highest BCUT2D eigenvalue weighted by Gasteiger charge is 2.62. The molecule has 2 aromatic heterocycles. The van der Waals surface area contributed by atoms with Crippen LogP contribution in [0.1, 0.15) is 13.2 Å². The molecule has 62 heavy (non-hydrogen) atoms. The Labute approximate surface area is 349 Å². The molecule has 4 fully saturated rings. The van der Waals surface area contributed by atoms with Gasteiger partial charge in [0.05, 0.1) is 32.7 Å². The SMILES string of the molecule is C[NH2+][C@@H]1[C@H](O[C@H]2[C@H](O[C@H]3[C@H](O)[C@@H](OP(=O)([O-])OC[C@H]4O[C@@H](n5cnc6c(N)ncnc65)[C@H](O)[C@@H]4O)[C@H]([NH+]=C(N)N)[C@@H](O)[C@@H]3[NH+]=C(N)N)O[C@@H](C)[C@]2(O)C=O)O[C@@H](CO)[C@H](O)[C@H]1O. The Morgan fingerprint density at radius 1 is 0.919 bits per heavy atom. The topological polar surface area (TPSA) is 502 Å². The molecule has 1 unspecified atom stereocenters. The number of carbonyl (C=O) groups is 1. The minimum atomic E-state index is -5.68. The van der Waals surface area contributed by atoms with Gasteiger partial charge in [0.15, 0.2) is 41.9 Å². The van der Waals surface area contributed by atoms with Gasteiger partial charge in [0, 0.05) is 0 Å². The first kappa shape index (κ1) is 47.6. The molecule has 0 aromatic carbocycles. The largest absolute Gasteiger partial charge is 0.756 e. The summed E-state index contributed by atoms with van der Waals surface area (Å²) < 4.78 is 54.4. The summed E-state index contributed by atoms with van der Waals surface area (Å²) in [6.45, 7) is -0.497. The summed E-state index contributed by atoms with van der Waals surface area (Å²) in [6.07, 6.45) is -23.5. The Bertz CT molecular complexity index is 2000. The maximum Gasteiger partial charge on any atom is 0.339 e. The highest BCUT2D eigenvalue weighted by molar-refractivity contribution is 7.45. The van der Waals surface area contributed by atoms with Crippen molar-refractivity contribution in [2.45, 2.75) is 123 Å². The number of carbonyl (C=O) groups excluding carboxylic acids is 1. The molecular weight excluding hydrogens is 859 g/mol. The van der Waals surface area contributed by atoms with E-state index >= 15 is 0 Å². The highest BCUT2D eigenvalue weighted by atomic mass is 31.2. The van der Waals surface area contributed by atoms with Gasteiger partial charge < -0.3 is 89.5 Å². The number of imidazole rings is 1. The number of aromatic nitrogens is 4. The van der Waals surface area contributed by atoms with E-state index in [4.69, 9.17) is 61.4 Å². The van der Waals surface area contributed by atoms with Gasteiger partial charge >= 0.3 is 11.9 Å². The van der Waals surface area contributed by atoms with Crippen molar-refractivity contribution in [1.29, 1.82) is 0 Å². The predicted molar refractivity (Wildman–Crippen MR) is 197 cm³/mol. The third kappa shape index (κ3) is 9.06. The summed E-state index contributed by atoms with van der Waals surface area (Å²) in [4.78, 5) is 42.9. The average Bonchev–Trinajstić information content (AvgIpc) is 3.85. The van der Waals surface area contributed by atoms with Crippen LogP contribution in [0.15, 0.2) is 12.7 Å². The van der Waals surface area contributed by atoms with Gasteiger partial charge in [-0.2, -0.15) is 0 Å². The van der Waals surface area contributed by atoms with Gasteiger partial charge in [-0.1, -0.05) is 0 Å². The number of likely N-dealkylation sites (N-methyl/N-ethyl adjacent to an activating group) is 1. The number of fused-ring (bicyclic) bond motifs is 1. The monoisotopic (exact) mass is 912 g/mol. The Hall–Kier alpha value is -3.89. The fourth-order valence-electron chi connectivity index (χ4n) is 7.88. The van der Waals surface area contributed by atoms with Gasteiger partial charge in [-0.25, -0.2) is 15.0 Å². The Morgan fingerprint density at radius 3 is 2.18 bits per heavy atom. The maximum absolute atomic E-state index is 13.5. The molecule has 3 aliphatic heterocycles. The predicted octanol–water partition coefficient (Wildman–Crippen LogP) is -14.5. The second-order valence-corrected chi connectivity index (χ2v) is 16.5. The Balaban J connectivity index is 1.25. The lowest BCUT2D eigenvalue weighted by molar-refractivity contribution is -0.696. The number of nitrogens with two attached hydrogens (primary N) is 6. The normalized spacial score (nSPS) is 42.0. The molecule has 2 aromatic rings. The zero-order valence-corrected chi connectivity index (χ0v) is 33.8. The van der Waals surface area contributed by atoms with Gasteiger partial charge in [0.25, 0.3) is 7.82 Å². The zero-order chi connectivity index (χ0) is 45.6. The van der Waals surface area contributed by atoms with Crippen LogP contribution in [0.2, 0.25) is 0 Å². The third-order valence-corrected chi connectivity index (χ3v) is 12.2. The van der Waals surface area contributed by atoms with Crippen LogP contribution in [0, 0.1) is 0 Å². The van der Waals surface area contributed by atoms with Crippen LogP contribution < -0.4 is 48.9 Å². The van der Waals surface area contributed by atoms with Gasteiger partial charge in [-0.15, -0.1) is 0 Å². The molecule has 0 bridgehead atoms. The van der Waals surface area contributed by atoms with E-state index < -0.39 is 149 Å². The van der Waals surface area contributed by atoms with Crippen LogP contribution in [-0.4, -0.2) is 208 Å². The number of anilines is 1. The van der Waals surface area contributed by atoms with Crippen LogP contribution in [0.25, 0.3) is 11.2 Å². The molecule has 5 heterocycles. The van der Waals surface area contributed by atoms with Crippen molar-refractivity contribution in [2.75, 3.05) is 26.0 Å². The molecule has 1 saturated carbocycles. The highest BCUT2D eigenvalue weighted by Crippen LogP contribution is 2.45. The smallest absolute Gasteiger partial charge is 0.339 e. The lowest BCUT2D eigenvalue weighted by atomic mass is 9.81. The molecule has 0 amide bonds. The first-order chi connectivity index (χ1) is 29.2. The summed E-state index contributed by atoms with van der Waals surface area (Å²) in [5, 5.41) is 89.1. The fraction of sp³-hybridized carbons (Fsp3) is 0.742. The van der Waals surface area contributed by atoms with E-state index in [1.54, 1.807) is 0 Å². The molecule has 0 radical (unpaired) electrons. The summed E-state index contributed by atoms with van der Waals surface area (Å²) in [5.41, 5.74) is 26.3. The quantitative estimate of drug-likeness (QED) is 0.0341. The molecular formula is C31H53N12O18P+2. The van der Waals surface area contributed by atoms with Crippen LogP contribution in [0.5, 0.6) is 0 Å². The molecule has 6 rings (SSSR count). The average molecular weight is 913 g/mol. The molecule has 3 saturated heterocycles. The molecule has 4 aliphatic rings. The van der Waals surface area contributed by atoms with Crippen LogP contribution >= 0.6 is 7.82 Å². The van der Waals surface area contributed by atoms with Gasteiger partial charge in [0.2, 0.25) is 6.29 Å². The van der Waals surface area contributed by atoms with E-state index in [-0.39, 0.29) is 23.3 Å². The van der Waals surface area contributed by atoms with E-state index in [1.165, 1.54) is 30.2 Å². The van der Waals surface area contributed by atoms with Crippen molar-refractivity contribution < 1.29 is 103 Å². The van der Waals surface area contributed by atoms with E-state index in [0.717, 1.165) is 6.33 Å². The fourth-order valence-corrected chi connectivity index (χ4v) is 8.83. The number of hydrogen-bond acceptors (Lipinski definition) is 22. The number of aliphatic hydroxyl groups excluding tert-OH is 7. The van der Waals surface area contributed by atoms with Gasteiger partial charge in [0.1, 0.15) is 91.1 Å². The first-order valence-corrected chi connectivity index (χ1v) is 20.4. The molecule has 22 N–H and O–H groups in total. The number of aldehydes is 1. The van der Waals surface area contributed by atoms with E-state index in [0.29, 0.717) is 0 Å².